The van der Waals surface area contributed by atoms with Crippen molar-refractivity contribution in [2.45, 2.75) is 49.1 Å². The van der Waals surface area contributed by atoms with Crippen molar-refractivity contribution in [3.05, 3.63) is 0 Å². The number of hydrogen-bond donors (Lipinski definition) is 8. The second-order valence-corrected chi connectivity index (χ2v) is 5.38. The molecule has 12 heteroatoms. The van der Waals surface area contributed by atoms with Crippen LogP contribution in [0, 0.1) is 0 Å². The molecule has 138 valence electrons. The summed E-state index contributed by atoms with van der Waals surface area (Å²) in [4.78, 5) is 42.9. The van der Waals surface area contributed by atoms with Crippen molar-refractivity contribution in [2.75, 3.05) is 0 Å². The molecular formula is C12H18O12. The number of aliphatic carboxylic acids is 4. The van der Waals surface area contributed by atoms with Crippen molar-refractivity contribution in [1.82, 2.24) is 0 Å². The van der Waals surface area contributed by atoms with Gasteiger partial charge >= 0.3 is 23.9 Å². The maximum atomic E-state index is 10.7. The summed E-state index contributed by atoms with van der Waals surface area (Å²) >= 11 is 0. The molecule has 0 saturated carbocycles. The summed E-state index contributed by atoms with van der Waals surface area (Å²) < 4.78 is 0. The summed E-state index contributed by atoms with van der Waals surface area (Å²) in [6.07, 6.45) is -10.8. The van der Waals surface area contributed by atoms with Gasteiger partial charge in [0.2, 0.25) is 0 Å². The maximum absolute atomic E-state index is 10.7. The quantitative estimate of drug-likeness (QED) is 0.186. The van der Waals surface area contributed by atoms with Crippen LogP contribution < -0.4 is 0 Å². The molecule has 12 nitrogen and oxygen atoms in total. The fourth-order valence-electron chi connectivity index (χ4n) is 2.18. The Morgan fingerprint density at radius 3 is 0.875 bits per heavy atom. The summed E-state index contributed by atoms with van der Waals surface area (Å²) in [5.41, 5.74) is -5.97. The highest BCUT2D eigenvalue weighted by atomic mass is 16.4. The fraction of sp³-hybridized carbons (Fsp3) is 0.667. The van der Waals surface area contributed by atoms with Gasteiger partial charge in [0.1, 0.15) is 23.4 Å². The largest absolute Gasteiger partial charge is 0.481 e. The Hall–Kier alpha value is -2.28. The first-order valence-electron chi connectivity index (χ1n) is 6.41. The second-order valence-electron chi connectivity index (χ2n) is 5.38. The summed E-state index contributed by atoms with van der Waals surface area (Å²) in [6.45, 7) is 0. The zero-order chi connectivity index (χ0) is 19.3. The number of aliphatic hydroxyl groups is 4. The Bertz CT molecular complexity index is 434. The molecule has 0 aromatic rings. The molecule has 8 N–H and O–H groups in total. The van der Waals surface area contributed by atoms with Gasteiger partial charge in [-0.15, -0.1) is 0 Å². The van der Waals surface area contributed by atoms with Crippen LogP contribution in [0.4, 0.5) is 0 Å². The van der Waals surface area contributed by atoms with Gasteiger partial charge in [0.15, 0.2) is 0 Å². The molecule has 0 amide bonds. The smallest absolute Gasteiger partial charge is 0.306 e. The first kappa shape index (κ1) is 21.7. The third kappa shape index (κ3) is 6.08. The molecule has 24 heavy (non-hydrogen) atoms. The lowest BCUT2D eigenvalue weighted by Gasteiger charge is -2.39. The number of carboxylic acid groups (broad SMARTS) is 4. The van der Waals surface area contributed by atoms with Crippen molar-refractivity contribution in [3.63, 3.8) is 0 Å². The van der Waals surface area contributed by atoms with Gasteiger partial charge in [-0.25, -0.2) is 0 Å². The van der Waals surface area contributed by atoms with Crippen LogP contribution >= 0.6 is 0 Å². The molecule has 0 aromatic heterocycles. The van der Waals surface area contributed by atoms with Crippen molar-refractivity contribution in [2.24, 2.45) is 0 Å². The molecule has 0 heterocycles. The molecular weight excluding hydrogens is 336 g/mol. The van der Waals surface area contributed by atoms with E-state index in [1.54, 1.807) is 0 Å². The van der Waals surface area contributed by atoms with Crippen LogP contribution in [0.25, 0.3) is 0 Å². The minimum absolute atomic E-state index is 1.37. The normalized spacial score (nSPS) is 14.7. The topological polar surface area (TPSA) is 230 Å². The average Bonchev–Trinajstić information content (AvgIpc) is 2.32. The lowest BCUT2D eigenvalue weighted by Crippen LogP contribution is -2.60. The molecule has 2 unspecified atom stereocenters. The van der Waals surface area contributed by atoms with Crippen molar-refractivity contribution >= 4 is 23.9 Å². The minimum Gasteiger partial charge on any atom is -0.481 e. The standard InChI is InChI=1S/C12H18O12/c13-5(14)1-11(23,2-6(15)16)9(21)10(22)12(24,3-7(17)18)4-8(19)20/h9-10,21-24H,1-4H2,(H,13,14)(H,15,16)(H,17,18)(H,19,20). The van der Waals surface area contributed by atoms with Crippen LogP contribution in [0.1, 0.15) is 25.7 Å². The Balaban J connectivity index is 5.74. The van der Waals surface area contributed by atoms with E-state index in [4.69, 9.17) is 20.4 Å². The molecule has 0 aliphatic rings. The third-order valence-electron chi connectivity index (χ3n) is 3.23. The zero-order valence-electron chi connectivity index (χ0n) is 12.2. The SMILES string of the molecule is O=C(O)CC(O)(CC(=O)O)C(O)C(O)C(O)(CC(=O)O)CC(=O)O. The van der Waals surface area contributed by atoms with Crippen molar-refractivity contribution in [3.8, 4) is 0 Å². The van der Waals surface area contributed by atoms with E-state index < -0.39 is 73.0 Å². The third-order valence-corrected chi connectivity index (χ3v) is 3.23. The highest BCUT2D eigenvalue weighted by Gasteiger charge is 2.52. The lowest BCUT2D eigenvalue weighted by molar-refractivity contribution is -0.205. The van der Waals surface area contributed by atoms with E-state index in [1.165, 1.54) is 0 Å². The van der Waals surface area contributed by atoms with Crippen LogP contribution in [0.15, 0.2) is 0 Å². The first-order valence-corrected chi connectivity index (χ1v) is 6.41. The van der Waals surface area contributed by atoms with Gasteiger partial charge in [-0.3, -0.25) is 19.2 Å². The van der Waals surface area contributed by atoms with Crippen molar-refractivity contribution in [1.29, 1.82) is 0 Å². The summed E-state index contributed by atoms with van der Waals surface area (Å²) in [5.74, 6) is -7.04. The molecule has 0 saturated heterocycles. The van der Waals surface area contributed by atoms with E-state index in [0.29, 0.717) is 0 Å². The Labute approximate surface area is 134 Å². The Kier molecular flexibility index (Phi) is 7.25. The highest BCUT2D eigenvalue weighted by molar-refractivity contribution is 5.74. The fourth-order valence-corrected chi connectivity index (χ4v) is 2.18. The number of rotatable bonds is 11. The maximum Gasteiger partial charge on any atom is 0.306 e. The van der Waals surface area contributed by atoms with Gasteiger partial charge in [-0.2, -0.15) is 0 Å². The van der Waals surface area contributed by atoms with Crippen LogP contribution in [0.2, 0.25) is 0 Å². The predicted molar refractivity (Wildman–Crippen MR) is 70.9 cm³/mol. The number of aliphatic hydroxyl groups excluding tert-OH is 2. The van der Waals surface area contributed by atoms with E-state index in [9.17, 15) is 39.6 Å². The van der Waals surface area contributed by atoms with Crippen LogP contribution in [-0.4, -0.2) is 88.1 Å². The molecule has 0 bridgehead atoms. The highest BCUT2D eigenvalue weighted by Crippen LogP contribution is 2.31. The molecule has 2 atom stereocenters. The molecule has 0 spiro atoms. The van der Waals surface area contributed by atoms with Gasteiger partial charge in [0.05, 0.1) is 25.7 Å². The second kappa shape index (κ2) is 8.01. The van der Waals surface area contributed by atoms with Gasteiger partial charge in [0.25, 0.3) is 0 Å². The molecule has 0 aliphatic heterocycles. The number of hydrogen-bond acceptors (Lipinski definition) is 8. The van der Waals surface area contributed by atoms with Gasteiger partial charge in [-0.1, -0.05) is 0 Å². The molecule has 0 aliphatic carbocycles. The lowest BCUT2D eigenvalue weighted by atomic mass is 9.77. The van der Waals surface area contributed by atoms with E-state index in [-0.39, 0.29) is 0 Å². The number of carbonyl (C=O) groups is 4. The number of carboxylic acids is 4. The molecule has 0 rings (SSSR count). The van der Waals surface area contributed by atoms with Gasteiger partial charge < -0.3 is 40.9 Å². The molecule has 0 aromatic carbocycles. The van der Waals surface area contributed by atoms with E-state index in [1.807, 2.05) is 0 Å². The van der Waals surface area contributed by atoms with E-state index >= 15 is 0 Å². The zero-order valence-corrected chi connectivity index (χ0v) is 12.2. The Morgan fingerprint density at radius 2 is 0.750 bits per heavy atom. The minimum atomic E-state index is -2.98. The van der Waals surface area contributed by atoms with Crippen LogP contribution in [0.3, 0.4) is 0 Å². The molecule has 0 fully saturated rings. The predicted octanol–water partition coefficient (Wildman–Crippen LogP) is -2.93. The van der Waals surface area contributed by atoms with Gasteiger partial charge in [0, 0.05) is 0 Å². The van der Waals surface area contributed by atoms with Gasteiger partial charge in [-0.05, 0) is 0 Å². The summed E-state index contributed by atoms with van der Waals surface area (Å²) in [6, 6.07) is 0. The average molecular weight is 354 g/mol. The summed E-state index contributed by atoms with van der Waals surface area (Å²) in [7, 11) is 0. The van der Waals surface area contributed by atoms with E-state index in [2.05, 4.69) is 0 Å². The Morgan fingerprint density at radius 1 is 0.583 bits per heavy atom. The first-order chi connectivity index (χ1) is 10.7. The molecule has 0 radical (unpaired) electrons. The summed E-state index contributed by atoms with van der Waals surface area (Å²) in [5, 5.41) is 74.7. The van der Waals surface area contributed by atoms with Crippen molar-refractivity contribution < 1.29 is 60.0 Å². The monoisotopic (exact) mass is 354 g/mol. The van der Waals surface area contributed by atoms with E-state index in [0.717, 1.165) is 0 Å². The van der Waals surface area contributed by atoms with Crippen LogP contribution in [0.5, 0.6) is 0 Å². The van der Waals surface area contributed by atoms with Crippen LogP contribution in [-0.2, 0) is 19.2 Å².